The first kappa shape index (κ1) is 26.6. The number of methoxy groups -OCH3 is 2. The number of nitrogens with zero attached hydrogens (tertiary/aromatic N) is 3. The second-order valence-corrected chi connectivity index (χ2v) is 9.00. The summed E-state index contributed by atoms with van der Waals surface area (Å²) >= 11 is 0. The number of amides is 1. The summed E-state index contributed by atoms with van der Waals surface area (Å²) in [6.45, 7) is 2.20. The molecule has 4 rings (SSSR count). The van der Waals surface area contributed by atoms with Crippen LogP contribution in [-0.2, 0) is 20.8 Å². The highest BCUT2D eigenvalue weighted by Crippen LogP contribution is 2.37. The third-order valence-corrected chi connectivity index (χ3v) is 6.90. The minimum atomic E-state index is -1.50. The minimum Gasteiger partial charge on any atom is -0.499 e. The van der Waals surface area contributed by atoms with Crippen molar-refractivity contribution in [1.82, 2.24) is 14.5 Å². The van der Waals surface area contributed by atoms with Crippen molar-refractivity contribution in [2.45, 2.75) is 39.0 Å². The van der Waals surface area contributed by atoms with Crippen LogP contribution >= 0.6 is 0 Å². The Morgan fingerprint density at radius 1 is 1.30 bits per heavy atom. The van der Waals surface area contributed by atoms with Gasteiger partial charge in [0.1, 0.15) is 41.6 Å². The predicted octanol–water partition coefficient (Wildman–Crippen LogP) is 3.46. The summed E-state index contributed by atoms with van der Waals surface area (Å²) in [5.74, 6) is -2.67. The van der Waals surface area contributed by atoms with Crippen molar-refractivity contribution in [2.75, 3.05) is 33.9 Å². The molecule has 1 N–H and O–H groups in total. The second kappa shape index (κ2) is 11.3. The maximum absolute atomic E-state index is 14.5. The smallest absolute Gasteiger partial charge is 0.275 e. The molecule has 0 saturated carbocycles. The summed E-state index contributed by atoms with van der Waals surface area (Å²) in [7, 11) is 2.92. The van der Waals surface area contributed by atoms with E-state index >= 15 is 0 Å². The molecule has 200 valence electrons. The quantitative estimate of drug-likeness (QED) is 0.561. The Kier molecular flexibility index (Phi) is 8.11. The molecule has 1 fully saturated rings. The van der Waals surface area contributed by atoms with Gasteiger partial charge in [-0.3, -0.25) is 14.2 Å². The standard InChI is InChI=1S/C26H31F2N3O6/c1-4-37-14-20-29-24(32)22(26(34)31(20)23-18(35-2)9-6-10-19(23)36-3)25(33)30-12-11-15(13-30)21-16(27)7-5-8-17(21)28/h5,7-9,15-16,21,32H,4,6,10-14H2,1-3H3. The van der Waals surface area contributed by atoms with Gasteiger partial charge in [0, 0.05) is 26.1 Å². The van der Waals surface area contributed by atoms with Gasteiger partial charge in [-0.15, -0.1) is 0 Å². The third-order valence-electron chi connectivity index (χ3n) is 6.90. The summed E-state index contributed by atoms with van der Waals surface area (Å²) in [5, 5.41) is 10.7. The number of ether oxygens (including phenoxy) is 3. The highest BCUT2D eigenvalue weighted by Gasteiger charge is 2.40. The number of hydrogen-bond acceptors (Lipinski definition) is 7. The zero-order chi connectivity index (χ0) is 26.7. The Morgan fingerprint density at radius 3 is 2.76 bits per heavy atom. The molecule has 3 aliphatic rings. The molecule has 0 radical (unpaired) electrons. The number of likely N-dealkylation sites (tertiary alicyclic amines) is 1. The molecule has 11 heteroatoms. The van der Waals surface area contributed by atoms with Crippen LogP contribution in [0.5, 0.6) is 5.88 Å². The molecule has 1 amide bonds. The lowest BCUT2D eigenvalue weighted by molar-refractivity contribution is 0.0769. The number of aromatic nitrogens is 2. The fraction of sp³-hybridized carbons (Fsp3) is 0.500. The van der Waals surface area contributed by atoms with E-state index in [1.807, 2.05) is 0 Å². The van der Waals surface area contributed by atoms with Crippen LogP contribution in [0, 0.1) is 11.8 Å². The van der Waals surface area contributed by atoms with Gasteiger partial charge in [0.05, 0.1) is 20.1 Å². The van der Waals surface area contributed by atoms with Crippen LogP contribution in [-0.4, -0.2) is 65.6 Å². The highest BCUT2D eigenvalue weighted by molar-refractivity contribution is 5.96. The van der Waals surface area contributed by atoms with E-state index in [0.717, 1.165) is 0 Å². The molecule has 1 aromatic rings. The Morgan fingerprint density at radius 2 is 2.08 bits per heavy atom. The van der Waals surface area contributed by atoms with Gasteiger partial charge in [0.15, 0.2) is 5.56 Å². The van der Waals surface area contributed by atoms with Gasteiger partial charge < -0.3 is 24.2 Å². The Bertz CT molecular complexity index is 1240. The summed E-state index contributed by atoms with van der Waals surface area (Å²) < 4.78 is 46.5. The third kappa shape index (κ3) is 5.04. The van der Waals surface area contributed by atoms with Crippen molar-refractivity contribution in [1.29, 1.82) is 0 Å². The molecule has 1 aromatic heterocycles. The average Bonchev–Trinajstić information content (AvgIpc) is 3.36. The normalized spacial score (nSPS) is 23.7. The van der Waals surface area contributed by atoms with Gasteiger partial charge in [-0.2, -0.15) is 4.98 Å². The van der Waals surface area contributed by atoms with Crippen LogP contribution in [0.15, 0.2) is 46.4 Å². The number of rotatable bonds is 8. The van der Waals surface area contributed by atoms with Crippen LogP contribution < -0.4 is 5.56 Å². The molecule has 9 nitrogen and oxygen atoms in total. The van der Waals surface area contributed by atoms with Gasteiger partial charge in [-0.05, 0) is 43.9 Å². The Balaban J connectivity index is 1.74. The highest BCUT2D eigenvalue weighted by atomic mass is 19.1. The van der Waals surface area contributed by atoms with Gasteiger partial charge >= 0.3 is 0 Å². The topological polar surface area (TPSA) is 103 Å². The van der Waals surface area contributed by atoms with E-state index in [2.05, 4.69) is 4.98 Å². The lowest BCUT2D eigenvalue weighted by atomic mass is 9.84. The fourth-order valence-corrected chi connectivity index (χ4v) is 5.11. The molecule has 3 unspecified atom stereocenters. The van der Waals surface area contributed by atoms with Crippen LogP contribution in [0.3, 0.4) is 0 Å². The fourth-order valence-electron chi connectivity index (χ4n) is 5.11. The first-order chi connectivity index (χ1) is 17.8. The number of carbonyl (C=O) groups excluding carboxylic acids is 1. The molecule has 1 saturated heterocycles. The van der Waals surface area contributed by atoms with Crippen LogP contribution in [0.1, 0.15) is 42.4 Å². The number of carbonyl (C=O) groups is 1. The molecule has 0 spiro atoms. The van der Waals surface area contributed by atoms with E-state index in [-0.39, 0.29) is 31.2 Å². The monoisotopic (exact) mass is 519 g/mol. The van der Waals surface area contributed by atoms with E-state index in [0.29, 0.717) is 37.4 Å². The zero-order valence-electron chi connectivity index (χ0n) is 21.1. The molecule has 1 aliphatic heterocycles. The Hall–Kier alpha value is -3.47. The minimum absolute atomic E-state index is 0.0356. The molecule has 37 heavy (non-hydrogen) atoms. The molecule has 0 aromatic carbocycles. The maximum Gasteiger partial charge on any atom is 0.275 e. The number of aromatic hydroxyl groups is 1. The predicted molar refractivity (Wildman–Crippen MR) is 131 cm³/mol. The van der Waals surface area contributed by atoms with Gasteiger partial charge in [-0.1, -0.05) is 6.08 Å². The summed E-state index contributed by atoms with van der Waals surface area (Å²) in [6, 6.07) is 0. The summed E-state index contributed by atoms with van der Waals surface area (Å²) in [5.41, 5.74) is -1.08. The van der Waals surface area contributed by atoms with Gasteiger partial charge in [0.25, 0.3) is 11.5 Å². The van der Waals surface area contributed by atoms with Crippen LogP contribution in [0.25, 0.3) is 5.70 Å². The lowest BCUT2D eigenvalue weighted by Gasteiger charge is -2.26. The Labute approximate surface area is 213 Å². The number of hydrogen-bond donors (Lipinski definition) is 1. The largest absolute Gasteiger partial charge is 0.499 e. The van der Waals surface area contributed by atoms with Crippen molar-refractivity contribution in [3.63, 3.8) is 0 Å². The molecule has 2 aliphatic carbocycles. The SMILES string of the molecule is CCOCc1nc(O)c(C(=O)N2CCC(C3C(F)=CC=CC3F)C2)c(=O)n1C1=C(OC)CCC=C1OC. The van der Waals surface area contributed by atoms with E-state index in [1.54, 1.807) is 13.0 Å². The molecule has 3 atom stereocenters. The average molecular weight is 520 g/mol. The van der Waals surface area contributed by atoms with Crippen LogP contribution in [0.2, 0.25) is 0 Å². The summed E-state index contributed by atoms with van der Waals surface area (Å²) in [4.78, 5) is 32.8. The van der Waals surface area contributed by atoms with E-state index in [4.69, 9.17) is 14.2 Å². The second-order valence-electron chi connectivity index (χ2n) is 9.00. The molecular formula is C26H31F2N3O6. The first-order valence-electron chi connectivity index (χ1n) is 12.2. The van der Waals surface area contributed by atoms with Gasteiger partial charge in [0.2, 0.25) is 5.88 Å². The van der Waals surface area contributed by atoms with E-state index < -0.39 is 46.7 Å². The summed E-state index contributed by atoms with van der Waals surface area (Å²) in [6.07, 6.45) is 5.60. The number of halogens is 2. The van der Waals surface area contributed by atoms with Crippen molar-refractivity contribution >= 4 is 11.6 Å². The maximum atomic E-state index is 14.5. The molecule has 0 bridgehead atoms. The van der Waals surface area contributed by atoms with Crippen molar-refractivity contribution in [3.05, 3.63) is 63.4 Å². The van der Waals surface area contributed by atoms with Crippen molar-refractivity contribution in [3.8, 4) is 5.88 Å². The van der Waals surface area contributed by atoms with Gasteiger partial charge in [-0.25, -0.2) is 8.78 Å². The zero-order valence-corrected chi connectivity index (χ0v) is 21.1. The van der Waals surface area contributed by atoms with E-state index in [1.165, 1.54) is 41.9 Å². The lowest BCUT2D eigenvalue weighted by Crippen LogP contribution is -2.38. The van der Waals surface area contributed by atoms with Crippen LogP contribution in [0.4, 0.5) is 8.78 Å². The van der Waals surface area contributed by atoms with E-state index in [9.17, 15) is 23.5 Å². The van der Waals surface area contributed by atoms with Crippen molar-refractivity contribution < 1.29 is 32.9 Å². The molecule has 2 heterocycles. The van der Waals surface area contributed by atoms with Crippen molar-refractivity contribution in [2.24, 2.45) is 11.8 Å². The number of alkyl halides is 1. The number of allylic oxidation sites excluding steroid dienone is 7. The molecular weight excluding hydrogens is 488 g/mol. The first-order valence-corrected chi connectivity index (χ1v) is 12.2.